The van der Waals surface area contributed by atoms with Crippen LogP contribution in [0.3, 0.4) is 0 Å². The molecular formula is C56H34N6S. The molecule has 5 heterocycles. The van der Waals surface area contributed by atoms with Crippen LogP contribution in [0.25, 0.3) is 121 Å². The lowest BCUT2D eigenvalue weighted by Crippen LogP contribution is -2.01. The number of para-hydroxylation sites is 2. The minimum absolute atomic E-state index is 0.620. The van der Waals surface area contributed by atoms with Crippen LogP contribution in [0.15, 0.2) is 206 Å². The van der Waals surface area contributed by atoms with Gasteiger partial charge in [0.05, 0.1) is 27.8 Å². The van der Waals surface area contributed by atoms with Gasteiger partial charge in [0.1, 0.15) is 5.82 Å². The highest BCUT2D eigenvalue weighted by Gasteiger charge is 2.22. The number of aromatic nitrogens is 6. The van der Waals surface area contributed by atoms with Crippen LogP contribution in [0.4, 0.5) is 0 Å². The third-order valence-electron chi connectivity index (χ3n) is 12.2. The van der Waals surface area contributed by atoms with E-state index in [0.717, 1.165) is 61.5 Å². The number of hydrogen-bond donors (Lipinski definition) is 0. The van der Waals surface area contributed by atoms with Gasteiger partial charge < -0.3 is 4.57 Å². The van der Waals surface area contributed by atoms with E-state index in [4.69, 9.17) is 19.9 Å². The van der Waals surface area contributed by atoms with Crippen LogP contribution in [0, 0.1) is 0 Å². The van der Waals surface area contributed by atoms with Gasteiger partial charge in [-0.05, 0) is 66.7 Å². The quantitative estimate of drug-likeness (QED) is 0.168. The van der Waals surface area contributed by atoms with Crippen LogP contribution in [-0.4, -0.2) is 29.1 Å². The van der Waals surface area contributed by atoms with Gasteiger partial charge in [0.2, 0.25) is 0 Å². The zero-order valence-electron chi connectivity index (χ0n) is 33.7. The zero-order chi connectivity index (χ0) is 41.4. The molecule has 0 saturated carbocycles. The smallest absolute Gasteiger partial charge is 0.164 e. The predicted molar refractivity (Wildman–Crippen MR) is 261 cm³/mol. The van der Waals surface area contributed by atoms with Crippen LogP contribution in [-0.2, 0) is 0 Å². The first-order chi connectivity index (χ1) is 31.2. The van der Waals surface area contributed by atoms with Crippen molar-refractivity contribution in [1.82, 2.24) is 29.1 Å². The van der Waals surface area contributed by atoms with Crippen LogP contribution in [0.1, 0.15) is 0 Å². The number of pyridine rings is 1. The van der Waals surface area contributed by atoms with E-state index in [1.54, 1.807) is 0 Å². The van der Waals surface area contributed by atoms with E-state index in [1.807, 2.05) is 72.0 Å². The molecule has 0 aliphatic rings. The highest BCUT2D eigenvalue weighted by molar-refractivity contribution is 7.25. The molecule has 13 aromatic rings. The van der Waals surface area contributed by atoms with E-state index in [1.165, 1.54) is 41.7 Å². The molecule has 294 valence electrons. The third-order valence-corrected chi connectivity index (χ3v) is 13.3. The second-order valence-electron chi connectivity index (χ2n) is 15.8. The maximum absolute atomic E-state index is 5.39. The van der Waals surface area contributed by atoms with Gasteiger partial charge in [-0.3, -0.25) is 4.57 Å². The first kappa shape index (κ1) is 35.5. The molecule has 63 heavy (non-hydrogen) atoms. The fourth-order valence-corrected chi connectivity index (χ4v) is 10.4. The van der Waals surface area contributed by atoms with Crippen molar-refractivity contribution in [3.05, 3.63) is 206 Å². The molecule has 7 heteroatoms. The van der Waals surface area contributed by atoms with Gasteiger partial charge in [-0.2, -0.15) is 0 Å². The average molecular weight is 823 g/mol. The van der Waals surface area contributed by atoms with Gasteiger partial charge in [0, 0.05) is 69.7 Å². The van der Waals surface area contributed by atoms with Gasteiger partial charge in [0.25, 0.3) is 0 Å². The molecule has 0 bridgehead atoms. The van der Waals surface area contributed by atoms with Crippen molar-refractivity contribution in [2.24, 2.45) is 0 Å². The largest absolute Gasteiger partial charge is 0.309 e. The average Bonchev–Trinajstić information content (AvgIpc) is 4.02. The standard InChI is InChI=1S/C56H34N6S/c1-3-15-35(16-4-1)54-58-55(36-17-5-2-6-18-36)60-56(59-54)38-19-13-20-39(33-38)61-45-25-10-7-22-41(45)52-47(61)30-31-48-53(52)42-23-8-11-26-46(42)62(48)51-28-14-24-44(57-51)37-29-32-50-43(34-37)40-21-9-12-27-49(40)63-50/h1-34H. The molecule has 0 aliphatic heterocycles. The van der Waals surface area contributed by atoms with E-state index in [2.05, 4.69) is 155 Å². The molecule has 6 nitrogen and oxygen atoms in total. The Labute approximate surface area is 365 Å². The molecule has 0 spiro atoms. The predicted octanol–water partition coefficient (Wildman–Crippen LogP) is 14.5. The normalized spacial score (nSPS) is 11.8. The van der Waals surface area contributed by atoms with Gasteiger partial charge in [-0.25, -0.2) is 19.9 Å². The molecule has 0 radical (unpaired) electrons. The van der Waals surface area contributed by atoms with E-state index in [-0.39, 0.29) is 0 Å². The Kier molecular flexibility index (Phi) is 7.98. The van der Waals surface area contributed by atoms with Crippen LogP contribution in [0.2, 0.25) is 0 Å². The summed E-state index contributed by atoms with van der Waals surface area (Å²) in [5, 5.41) is 7.32. The maximum atomic E-state index is 5.39. The molecule has 5 aromatic heterocycles. The maximum Gasteiger partial charge on any atom is 0.164 e. The van der Waals surface area contributed by atoms with Gasteiger partial charge in [-0.1, -0.05) is 140 Å². The van der Waals surface area contributed by atoms with Crippen LogP contribution >= 0.6 is 11.3 Å². The van der Waals surface area contributed by atoms with Gasteiger partial charge in [-0.15, -0.1) is 11.3 Å². The van der Waals surface area contributed by atoms with E-state index in [9.17, 15) is 0 Å². The Bertz CT molecular complexity index is 3860. The molecule has 0 aliphatic carbocycles. The van der Waals surface area contributed by atoms with Crippen molar-refractivity contribution in [3.63, 3.8) is 0 Å². The topological polar surface area (TPSA) is 61.4 Å². The lowest BCUT2D eigenvalue weighted by Gasteiger charge is -2.12. The number of rotatable bonds is 6. The number of fused-ring (bicyclic) bond motifs is 10. The second-order valence-corrected chi connectivity index (χ2v) is 16.9. The highest BCUT2D eigenvalue weighted by atomic mass is 32.1. The Hall–Kier alpha value is -8.26. The van der Waals surface area contributed by atoms with Crippen molar-refractivity contribution in [1.29, 1.82) is 0 Å². The Morgan fingerprint density at radius 2 is 0.857 bits per heavy atom. The minimum atomic E-state index is 0.620. The molecular weight excluding hydrogens is 789 g/mol. The minimum Gasteiger partial charge on any atom is -0.309 e. The third kappa shape index (κ3) is 5.71. The summed E-state index contributed by atoms with van der Waals surface area (Å²) < 4.78 is 7.29. The SMILES string of the molecule is c1ccc(-c2nc(-c3ccccc3)nc(-c3cccc(-n4c5ccccc5c5c6c7ccccc7n(-c7cccc(-c8ccc9sc%10ccccc%10c9c8)n7)c6ccc54)c3)n2)cc1. The molecule has 0 unspecified atom stereocenters. The van der Waals surface area contributed by atoms with E-state index in [0.29, 0.717) is 17.5 Å². The van der Waals surface area contributed by atoms with Gasteiger partial charge in [0.15, 0.2) is 17.5 Å². The Morgan fingerprint density at radius 1 is 0.317 bits per heavy atom. The first-order valence-corrected chi connectivity index (χ1v) is 21.9. The number of benzene rings is 8. The summed E-state index contributed by atoms with van der Waals surface area (Å²) in [5.74, 6) is 2.77. The van der Waals surface area contributed by atoms with E-state index >= 15 is 0 Å². The van der Waals surface area contributed by atoms with Crippen molar-refractivity contribution in [3.8, 4) is 56.9 Å². The van der Waals surface area contributed by atoms with Crippen molar-refractivity contribution in [2.45, 2.75) is 0 Å². The first-order valence-electron chi connectivity index (χ1n) is 21.1. The molecule has 0 saturated heterocycles. The zero-order valence-corrected chi connectivity index (χ0v) is 34.5. The summed E-state index contributed by atoms with van der Waals surface area (Å²) in [6.07, 6.45) is 0. The molecule has 0 N–H and O–H groups in total. The van der Waals surface area contributed by atoms with Crippen LogP contribution < -0.4 is 0 Å². The Balaban J connectivity index is 0.990. The number of nitrogens with zero attached hydrogens (tertiary/aromatic N) is 6. The van der Waals surface area contributed by atoms with Gasteiger partial charge >= 0.3 is 0 Å². The summed E-state index contributed by atoms with van der Waals surface area (Å²) in [6, 6.07) is 72.5. The number of hydrogen-bond acceptors (Lipinski definition) is 5. The molecule has 13 rings (SSSR count). The lowest BCUT2D eigenvalue weighted by atomic mass is 10.1. The van der Waals surface area contributed by atoms with Crippen molar-refractivity contribution in [2.75, 3.05) is 0 Å². The fraction of sp³-hybridized carbons (Fsp3) is 0. The fourth-order valence-electron chi connectivity index (χ4n) is 9.36. The lowest BCUT2D eigenvalue weighted by molar-refractivity contribution is 1.07. The molecule has 0 atom stereocenters. The second kappa shape index (κ2) is 14.2. The summed E-state index contributed by atoms with van der Waals surface area (Å²) in [7, 11) is 0. The summed E-state index contributed by atoms with van der Waals surface area (Å²) in [6.45, 7) is 0. The highest BCUT2D eigenvalue weighted by Crippen LogP contribution is 2.43. The Morgan fingerprint density at radius 3 is 1.56 bits per heavy atom. The summed E-state index contributed by atoms with van der Waals surface area (Å²) >= 11 is 1.84. The van der Waals surface area contributed by atoms with E-state index < -0.39 is 0 Å². The summed E-state index contributed by atoms with van der Waals surface area (Å²) in [4.78, 5) is 20.4. The summed E-state index contributed by atoms with van der Waals surface area (Å²) in [5.41, 5.74) is 10.3. The molecule has 0 amide bonds. The van der Waals surface area contributed by atoms with Crippen LogP contribution in [0.5, 0.6) is 0 Å². The molecule has 8 aromatic carbocycles. The van der Waals surface area contributed by atoms with Crippen molar-refractivity contribution < 1.29 is 0 Å². The van der Waals surface area contributed by atoms with Crippen molar-refractivity contribution >= 4 is 75.1 Å². The number of thiophene rings is 1. The molecule has 0 fully saturated rings. The monoisotopic (exact) mass is 822 g/mol.